The van der Waals surface area contributed by atoms with Gasteiger partial charge in [0.1, 0.15) is 6.07 Å². The van der Waals surface area contributed by atoms with Gasteiger partial charge in [-0.2, -0.15) is 5.26 Å². The number of rotatable bonds is 7. The third-order valence-corrected chi connectivity index (χ3v) is 5.93. The SMILES string of the molecule is C[C@H](Sc1nnc(NC[C@H]2CCCO2)s1)C(=O)Nc1ccccc1C#N. The molecule has 0 radical (unpaired) electrons. The molecular formula is C17H19N5O2S2. The van der Waals surface area contributed by atoms with E-state index in [1.807, 2.05) is 0 Å². The average molecular weight is 390 g/mol. The lowest BCUT2D eigenvalue weighted by molar-refractivity contribution is -0.115. The van der Waals surface area contributed by atoms with Crippen molar-refractivity contribution < 1.29 is 9.53 Å². The summed E-state index contributed by atoms with van der Waals surface area (Å²) in [5.41, 5.74) is 0.957. The Morgan fingerprint density at radius 3 is 3.12 bits per heavy atom. The van der Waals surface area contributed by atoms with E-state index in [1.54, 1.807) is 31.2 Å². The van der Waals surface area contributed by atoms with Crippen molar-refractivity contribution >= 4 is 39.8 Å². The fourth-order valence-electron chi connectivity index (χ4n) is 2.46. The Kier molecular flexibility index (Phi) is 6.44. The van der Waals surface area contributed by atoms with E-state index in [9.17, 15) is 4.79 Å². The maximum Gasteiger partial charge on any atom is 0.237 e. The van der Waals surface area contributed by atoms with Crippen molar-refractivity contribution in [1.29, 1.82) is 5.26 Å². The van der Waals surface area contributed by atoms with Crippen LogP contribution in [0.2, 0.25) is 0 Å². The molecule has 2 heterocycles. The van der Waals surface area contributed by atoms with Crippen LogP contribution >= 0.6 is 23.1 Å². The molecule has 26 heavy (non-hydrogen) atoms. The maximum absolute atomic E-state index is 12.4. The van der Waals surface area contributed by atoms with Gasteiger partial charge in [-0.3, -0.25) is 4.79 Å². The standard InChI is InChI=1S/C17H19N5O2S2/c1-11(15(23)20-14-7-3-2-5-12(14)9-18)25-17-22-21-16(26-17)19-10-13-6-4-8-24-13/h2-3,5,7,11,13H,4,6,8,10H2,1H3,(H,19,21)(H,20,23)/t11-,13+/m0/s1. The summed E-state index contributed by atoms with van der Waals surface area (Å²) in [7, 11) is 0. The molecule has 1 aliphatic rings. The quantitative estimate of drug-likeness (QED) is 0.702. The number of para-hydroxylation sites is 1. The lowest BCUT2D eigenvalue weighted by atomic mass is 10.2. The summed E-state index contributed by atoms with van der Waals surface area (Å²) in [6.07, 6.45) is 2.40. The van der Waals surface area contributed by atoms with E-state index in [1.165, 1.54) is 23.1 Å². The summed E-state index contributed by atoms with van der Waals surface area (Å²) in [6.45, 7) is 3.35. The Bertz CT molecular complexity index is 798. The molecule has 0 saturated carbocycles. The minimum atomic E-state index is -0.360. The van der Waals surface area contributed by atoms with Crippen LogP contribution in [0.1, 0.15) is 25.3 Å². The first-order valence-corrected chi connectivity index (χ1v) is 10.0. The molecule has 3 rings (SSSR count). The van der Waals surface area contributed by atoms with E-state index in [4.69, 9.17) is 10.00 Å². The zero-order valence-corrected chi connectivity index (χ0v) is 15.9. The smallest absolute Gasteiger partial charge is 0.237 e. The third-order valence-electron chi connectivity index (χ3n) is 3.86. The van der Waals surface area contributed by atoms with Gasteiger partial charge in [-0.05, 0) is 31.9 Å². The van der Waals surface area contributed by atoms with E-state index in [0.717, 1.165) is 35.5 Å². The zero-order valence-electron chi connectivity index (χ0n) is 14.3. The number of thioether (sulfide) groups is 1. The summed E-state index contributed by atoms with van der Waals surface area (Å²) in [6, 6.07) is 9.00. The average Bonchev–Trinajstić information content (AvgIpc) is 3.32. The van der Waals surface area contributed by atoms with Crippen LogP contribution in [0.25, 0.3) is 0 Å². The number of aromatic nitrogens is 2. The van der Waals surface area contributed by atoms with Gasteiger partial charge in [-0.25, -0.2) is 0 Å². The summed E-state index contributed by atoms with van der Waals surface area (Å²) < 4.78 is 6.28. The highest BCUT2D eigenvalue weighted by atomic mass is 32.2. The highest BCUT2D eigenvalue weighted by Gasteiger charge is 2.19. The number of carbonyl (C=O) groups excluding carboxylic acids is 1. The normalized spacial score (nSPS) is 17.5. The van der Waals surface area contributed by atoms with Crippen LogP contribution in [0.15, 0.2) is 28.6 Å². The minimum absolute atomic E-state index is 0.179. The maximum atomic E-state index is 12.4. The number of nitrogens with one attached hydrogen (secondary N) is 2. The monoisotopic (exact) mass is 389 g/mol. The predicted molar refractivity (Wildman–Crippen MR) is 102 cm³/mol. The summed E-state index contributed by atoms with van der Waals surface area (Å²) in [5, 5.41) is 23.7. The van der Waals surface area contributed by atoms with Crippen molar-refractivity contribution in [2.45, 2.75) is 35.5 Å². The first-order valence-electron chi connectivity index (χ1n) is 8.31. The Morgan fingerprint density at radius 1 is 1.50 bits per heavy atom. The van der Waals surface area contributed by atoms with E-state index in [-0.39, 0.29) is 17.3 Å². The van der Waals surface area contributed by atoms with Crippen molar-refractivity contribution in [2.24, 2.45) is 0 Å². The van der Waals surface area contributed by atoms with Gasteiger partial charge >= 0.3 is 0 Å². The van der Waals surface area contributed by atoms with Gasteiger partial charge in [0.2, 0.25) is 11.0 Å². The molecule has 2 atom stereocenters. The van der Waals surface area contributed by atoms with Crippen molar-refractivity contribution in [3.8, 4) is 6.07 Å². The second-order valence-electron chi connectivity index (χ2n) is 5.80. The first kappa shape index (κ1) is 18.6. The van der Waals surface area contributed by atoms with Gasteiger partial charge < -0.3 is 15.4 Å². The Hall–Kier alpha value is -2.15. The molecule has 9 heteroatoms. The number of hydrogen-bond acceptors (Lipinski definition) is 8. The molecule has 1 fully saturated rings. The minimum Gasteiger partial charge on any atom is -0.376 e. The molecule has 0 spiro atoms. The number of benzene rings is 1. The van der Waals surface area contributed by atoms with Crippen LogP contribution in [0, 0.1) is 11.3 Å². The molecule has 0 unspecified atom stereocenters. The highest BCUT2D eigenvalue weighted by Crippen LogP contribution is 2.30. The lowest BCUT2D eigenvalue weighted by Gasteiger charge is -2.11. The first-order chi connectivity index (χ1) is 12.7. The van der Waals surface area contributed by atoms with Crippen LogP contribution in [-0.2, 0) is 9.53 Å². The topological polar surface area (TPSA) is 99.9 Å². The second kappa shape index (κ2) is 8.98. The van der Waals surface area contributed by atoms with Crippen molar-refractivity contribution in [3.63, 3.8) is 0 Å². The number of amides is 1. The van der Waals surface area contributed by atoms with Gasteiger partial charge in [0, 0.05) is 13.2 Å². The molecule has 0 aliphatic carbocycles. The Labute approximate surface area is 160 Å². The zero-order chi connectivity index (χ0) is 18.4. The molecular weight excluding hydrogens is 370 g/mol. The highest BCUT2D eigenvalue weighted by molar-refractivity contribution is 8.02. The second-order valence-corrected chi connectivity index (χ2v) is 8.36. The molecule has 1 aliphatic heterocycles. The van der Waals surface area contributed by atoms with E-state index in [2.05, 4.69) is 26.9 Å². The Morgan fingerprint density at radius 2 is 2.35 bits per heavy atom. The molecule has 2 aromatic rings. The van der Waals surface area contributed by atoms with Crippen LogP contribution < -0.4 is 10.6 Å². The molecule has 7 nitrogen and oxygen atoms in total. The van der Waals surface area contributed by atoms with Gasteiger partial charge in [-0.1, -0.05) is 35.2 Å². The molecule has 0 bridgehead atoms. The van der Waals surface area contributed by atoms with Crippen LogP contribution in [0.4, 0.5) is 10.8 Å². The number of hydrogen-bond donors (Lipinski definition) is 2. The summed E-state index contributed by atoms with van der Waals surface area (Å²) in [4.78, 5) is 12.4. The third kappa shape index (κ3) is 4.94. The number of ether oxygens (including phenoxy) is 1. The molecule has 1 amide bonds. The largest absolute Gasteiger partial charge is 0.376 e. The molecule has 136 valence electrons. The summed E-state index contributed by atoms with van der Waals surface area (Å²) in [5.74, 6) is -0.179. The van der Waals surface area contributed by atoms with Crippen LogP contribution in [0.3, 0.4) is 0 Å². The van der Waals surface area contributed by atoms with Crippen molar-refractivity contribution in [3.05, 3.63) is 29.8 Å². The fourth-order valence-corrected chi connectivity index (χ4v) is 4.37. The molecule has 1 saturated heterocycles. The van der Waals surface area contributed by atoms with Gasteiger partial charge in [0.25, 0.3) is 0 Å². The van der Waals surface area contributed by atoms with E-state index < -0.39 is 0 Å². The molecule has 2 N–H and O–H groups in total. The number of nitriles is 1. The molecule has 1 aromatic carbocycles. The lowest BCUT2D eigenvalue weighted by Crippen LogP contribution is -2.22. The summed E-state index contributed by atoms with van der Waals surface area (Å²) >= 11 is 2.76. The van der Waals surface area contributed by atoms with E-state index >= 15 is 0 Å². The number of carbonyl (C=O) groups is 1. The number of nitrogens with zero attached hydrogens (tertiary/aromatic N) is 3. The van der Waals surface area contributed by atoms with Gasteiger partial charge in [-0.15, -0.1) is 10.2 Å². The van der Waals surface area contributed by atoms with Crippen molar-refractivity contribution in [1.82, 2.24) is 10.2 Å². The van der Waals surface area contributed by atoms with Crippen LogP contribution in [0.5, 0.6) is 0 Å². The van der Waals surface area contributed by atoms with E-state index in [0.29, 0.717) is 11.3 Å². The predicted octanol–water partition coefficient (Wildman–Crippen LogP) is 3.12. The van der Waals surface area contributed by atoms with Gasteiger partial charge in [0.15, 0.2) is 4.34 Å². The Balaban J connectivity index is 1.51. The van der Waals surface area contributed by atoms with Crippen LogP contribution in [-0.4, -0.2) is 40.6 Å². The number of anilines is 2. The molecule has 1 aromatic heterocycles. The van der Waals surface area contributed by atoms with Gasteiger partial charge in [0.05, 0.1) is 22.6 Å². The van der Waals surface area contributed by atoms with Crippen molar-refractivity contribution in [2.75, 3.05) is 23.8 Å². The fraction of sp³-hybridized carbons (Fsp3) is 0.412.